The predicted octanol–water partition coefficient (Wildman–Crippen LogP) is 1.11. The van der Waals surface area contributed by atoms with Crippen LogP contribution >= 0.6 is 0 Å². The number of halogens is 1. The number of nitrogens with two attached hydrogens (primary N) is 1. The summed E-state index contributed by atoms with van der Waals surface area (Å²) >= 11 is 0. The van der Waals surface area contributed by atoms with Crippen molar-refractivity contribution >= 4 is 15.9 Å². The fourth-order valence-corrected chi connectivity index (χ4v) is 1.47. The lowest BCUT2D eigenvalue weighted by Gasteiger charge is -1.99. The Bertz CT molecular complexity index is 389. The van der Waals surface area contributed by atoms with E-state index in [9.17, 15) is 12.3 Å². The Balaban J connectivity index is 2.65. The second kappa shape index (κ2) is 3.74. The quantitative estimate of drug-likeness (QED) is 0.591. The van der Waals surface area contributed by atoms with E-state index < -0.39 is 16.0 Å². The van der Waals surface area contributed by atoms with Crippen LogP contribution in [0, 0.1) is 0 Å². The molecule has 1 aromatic carbocycles. The average molecular weight is 203 g/mol. The number of benzene rings is 1. The van der Waals surface area contributed by atoms with Gasteiger partial charge in [-0.15, -0.1) is 3.89 Å². The van der Waals surface area contributed by atoms with Crippen molar-refractivity contribution in [3.8, 4) is 0 Å². The van der Waals surface area contributed by atoms with Gasteiger partial charge in [0.15, 0.2) is 0 Å². The molecule has 0 saturated carbocycles. The van der Waals surface area contributed by atoms with E-state index in [-0.39, 0.29) is 6.42 Å². The highest BCUT2D eigenvalue weighted by Crippen LogP contribution is 2.08. The fourth-order valence-electron chi connectivity index (χ4n) is 0.988. The Morgan fingerprint density at radius 1 is 1.38 bits per heavy atom. The molecule has 0 heterocycles. The first kappa shape index (κ1) is 9.98. The number of hydrogen-bond donors (Lipinski definition) is 1. The number of hydrogen-bond acceptors (Lipinski definition) is 3. The molecule has 13 heavy (non-hydrogen) atoms. The molecule has 0 radical (unpaired) electrons. The number of rotatable bonds is 3. The molecule has 0 fully saturated rings. The third kappa shape index (κ3) is 3.89. The molecule has 0 amide bonds. The van der Waals surface area contributed by atoms with Gasteiger partial charge < -0.3 is 5.73 Å². The Kier molecular flexibility index (Phi) is 2.87. The van der Waals surface area contributed by atoms with Crippen molar-refractivity contribution in [3.63, 3.8) is 0 Å². The minimum absolute atomic E-state index is 0.157. The fraction of sp³-hybridized carbons (Fsp3) is 0.250. The monoisotopic (exact) mass is 203 g/mol. The second-order valence-corrected chi connectivity index (χ2v) is 4.22. The maximum atomic E-state index is 12.1. The van der Waals surface area contributed by atoms with E-state index >= 15 is 0 Å². The van der Waals surface area contributed by atoms with Crippen LogP contribution in [0.25, 0.3) is 0 Å². The third-order valence-electron chi connectivity index (χ3n) is 1.59. The molecule has 0 aliphatic heterocycles. The van der Waals surface area contributed by atoms with Crippen LogP contribution in [-0.2, 0) is 16.6 Å². The second-order valence-electron chi connectivity index (χ2n) is 2.74. The zero-order valence-corrected chi connectivity index (χ0v) is 7.72. The normalized spacial score (nSPS) is 11.5. The van der Waals surface area contributed by atoms with Crippen LogP contribution in [0.2, 0.25) is 0 Å². The molecule has 0 aliphatic carbocycles. The Labute approximate surface area is 76.6 Å². The molecule has 2 N–H and O–H groups in total. The van der Waals surface area contributed by atoms with Crippen molar-refractivity contribution in [2.75, 3.05) is 11.5 Å². The minimum atomic E-state index is -4.38. The summed E-state index contributed by atoms with van der Waals surface area (Å²) < 4.78 is 32.5. The molecular formula is C8H10FNO2S. The summed E-state index contributed by atoms with van der Waals surface area (Å²) in [4.78, 5) is 0. The van der Waals surface area contributed by atoms with Crippen LogP contribution in [0.15, 0.2) is 24.3 Å². The van der Waals surface area contributed by atoms with Gasteiger partial charge in [0, 0.05) is 5.69 Å². The van der Waals surface area contributed by atoms with E-state index in [0.717, 1.165) is 5.56 Å². The van der Waals surface area contributed by atoms with E-state index in [1.807, 2.05) is 0 Å². The molecule has 1 aromatic rings. The Morgan fingerprint density at radius 3 is 2.62 bits per heavy atom. The summed E-state index contributed by atoms with van der Waals surface area (Å²) in [6.45, 7) is 0. The highest BCUT2D eigenvalue weighted by Gasteiger charge is 2.06. The largest absolute Gasteiger partial charge is 0.399 e. The Morgan fingerprint density at radius 2 is 2.08 bits per heavy atom. The van der Waals surface area contributed by atoms with Crippen molar-refractivity contribution in [3.05, 3.63) is 29.8 Å². The lowest BCUT2D eigenvalue weighted by atomic mass is 10.1. The molecule has 0 unspecified atom stereocenters. The molecule has 0 saturated heterocycles. The van der Waals surface area contributed by atoms with Crippen molar-refractivity contribution in [2.45, 2.75) is 6.42 Å². The Hall–Kier alpha value is -1.10. The summed E-state index contributed by atoms with van der Waals surface area (Å²) in [5, 5.41) is 0. The van der Waals surface area contributed by atoms with Crippen molar-refractivity contribution in [2.24, 2.45) is 0 Å². The van der Waals surface area contributed by atoms with E-state index in [2.05, 4.69) is 0 Å². The van der Waals surface area contributed by atoms with Crippen LogP contribution in [0.3, 0.4) is 0 Å². The van der Waals surface area contributed by atoms with Gasteiger partial charge >= 0.3 is 10.2 Å². The minimum Gasteiger partial charge on any atom is -0.399 e. The smallest absolute Gasteiger partial charge is 0.302 e. The first-order valence-corrected chi connectivity index (χ1v) is 5.29. The van der Waals surface area contributed by atoms with Crippen LogP contribution in [0.4, 0.5) is 9.57 Å². The van der Waals surface area contributed by atoms with Crippen molar-refractivity contribution in [1.82, 2.24) is 0 Å². The first-order chi connectivity index (χ1) is 5.97. The lowest BCUT2D eigenvalue weighted by Crippen LogP contribution is -2.02. The zero-order chi connectivity index (χ0) is 9.90. The van der Waals surface area contributed by atoms with Gasteiger partial charge in [0.05, 0.1) is 5.75 Å². The summed E-state index contributed by atoms with van der Waals surface area (Å²) in [5.74, 6) is -0.490. The average Bonchev–Trinajstić information content (AvgIpc) is 2.00. The molecule has 0 spiro atoms. The summed E-state index contributed by atoms with van der Waals surface area (Å²) in [6, 6.07) is 6.73. The molecule has 0 aliphatic rings. The van der Waals surface area contributed by atoms with Crippen LogP contribution in [0.1, 0.15) is 5.56 Å². The summed E-state index contributed by atoms with van der Waals surface area (Å²) in [6.07, 6.45) is 0.157. The molecule has 1 rings (SSSR count). The van der Waals surface area contributed by atoms with Gasteiger partial charge in [0.25, 0.3) is 0 Å². The standard InChI is InChI=1S/C8H10FNO2S/c9-13(11,12)5-4-7-2-1-3-8(10)6-7/h1-3,6H,4-5,10H2. The lowest BCUT2D eigenvalue weighted by molar-refractivity contribution is 0.551. The third-order valence-corrected chi connectivity index (χ3v) is 2.28. The van der Waals surface area contributed by atoms with Gasteiger partial charge in [-0.1, -0.05) is 12.1 Å². The van der Waals surface area contributed by atoms with E-state index in [1.54, 1.807) is 24.3 Å². The molecule has 5 heteroatoms. The molecule has 0 bridgehead atoms. The maximum Gasteiger partial charge on any atom is 0.302 e. The van der Waals surface area contributed by atoms with Gasteiger partial charge in [0.2, 0.25) is 0 Å². The van der Waals surface area contributed by atoms with E-state index in [0.29, 0.717) is 5.69 Å². The van der Waals surface area contributed by atoms with E-state index in [4.69, 9.17) is 5.73 Å². The highest BCUT2D eigenvalue weighted by molar-refractivity contribution is 7.86. The molecule has 72 valence electrons. The van der Waals surface area contributed by atoms with Crippen LogP contribution in [0.5, 0.6) is 0 Å². The highest BCUT2D eigenvalue weighted by atomic mass is 32.3. The SMILES string of the molecule is Nc1cccc(CCS(=O)(=O)F)c1. The first-order valence-electron chi connectivity index (χ1n) is 3.74. The molecular weight excluding hydrogens is 193 g/mol. The van der Waals surface area contributed by atoms with Gasteiger partial charge in [-0.2, -0.15) is 8.42 Å². The number of nitrogen functional groups attached to an aromatic ring is 1. The van der Waals surface area contributed by atoms with Crippen LogP contribution < -0.4 is 5.73 Å². The maximum absolute atomic E-state index is 12.1. The van der Waals surface area contributed by atoms with Crippen LogP contribution in [-0.4, -0.2) is 14.2 Å². The van der Waals surface area contributed by atoms with Gasteiger partial charge in [-0.25, -0.2) is 0 Å². The summed E-state index contributed by atoms with van der Waals surface area (Å²) in [5.41, 5.74) is 6.73. The number of aryl methyl sites for hydroxylation is 1. The van der Waals surface area contributed by atoms with Crippen molar-refractivity contribution in [1.29, 1.82) is 0 Å². The molecule has 0 atom stereocenters. The van der Waals surface area contributed by atoms with E-state index in [1.165, 1.54) is 0 Å². The number of anilines is 1. The van der Waals surface area contributed by atoms with Gasteiger partial charge in [0.1, 0.15) is 0 Å². The summed E-state index contributed by atoms with van der Waals surface area (Å²) in [7, 11) is -4.38. The van der Waals surface area contributed by atoms with Gasteiger partial charge in [-0.05, 0) is 24.1 Å². The predicted molar refractivity (Wildman–Crippen MR) is 49.5 cm³/mol. The molecule has 0 aromatic heterocycles. The topological polar surface area (TPSA) is 60.2 Å². The molecule has 3 nitrogen and oxygen atoms in total. The van der Waals surface area contributed by atoms with Crippen molar-refractivity contribution < 1.29 is 12.3 Å². The zero-order valence-electron chi connectivity index (χ0n) is 6.90. The van der Waals surface area contributed by atoms with Gasteiger partial charge in [-0.3, -0.25) is 0 Å².